The molecule has 0 unspecified atom stereocenters. The van der Waals surface area contributed by atoms with E-state index in [0.29, 0.717) is 17.0 Å². The van der Waals surface area contributed by atoms with Crippen LogP contribution in [0.15, 0.2) is 52.9 Å². The number of aromatic nitrogens is 1. The van der Waals surface area contributed by atoms with Crippen molar-refractivity contribution >= 4 is 69.2 Å². The standard InChI is InChI=1S/C25H15F6N3O4S3/c26-24(27,28)14-5-12(6-15(8-14)25(29,30)31)13-7-17(40-11-13)10-19-21(36)34(23(39)41-19)4-2-20(35)33-16-1-3-32-18(9-16)22(37)38/h1,3,5-11H,2,4H2,(H,37,38)(H,32,33,35). The Morgan fingerprint density at radius 2 is 1.68 bits per heavy atom. The summed E-state index contributed by atoms with van der Waals surface area (Å²) in [7, 11) is 0. The first kappa shape index (κ1) is 30.2. The number of alkyl halides is 6. The van der Waals surface area contributed by atoms with Crippen molar-refractivity contribution in [2.75, 3.05) is 11.9 Å². The highest BCUT2D eigenvalue weighted by atomic mass is 32.2. The Kier molecular flexibility index (Phi) is 8.56. The summed E-state index contributed by atoms with van der Waals surface area (Å²) < 4.78 is 79.5. The number of amides is 2. The highest BCUT2D eigenvalue weighted by Gasteiger charge is 2.37. The highest BCUT2D eigenvalue weighted by Crippen LogP contribution is 2.40. The molecule has 0 bridgehead atoms. The second kappa shape index (κ2) is 11.6. The fourth-order valence-corrected chi connectivity index (χ4v) is 5.81. The smallest absolute Gasteiger partial charge is 0.416 e. The topological polar surface area (TPSA) is 99.6 Å². The van der Waals surface area contributed by atoms with Gasteiger partial charge >= 0.3 is 18.3 Å². The van der Waals surface area contributed by atoms with E-state index in [4.69, 9.17) is 17.3 Å². The number of nitrogens with zero attached hydrogens (tertiary/aromatic N) is 2. The largest absolute Gasteiger partial charge is 0.477 e. The number of carbonyl (C=O) groups is 3. The number of anilines is 1. The molecule has 0 radical (unpaired) electrons. The molecule has 4 rings (SSSR count). The SMILES string of the molecule is O=C(CCN1C(=O)C(=Cc2cc(-c3cc(C(F)(F)F)cc(C(F)(F)F)c3)cs2)SC1=S)Nc1ccnc(C(=O)O)c1. The number of halogens is 6. The van der Waals surface area contributed by atoms with E-state index in [1.54, 1.807) is 0 Å². The van der Waals surface area contributed by atoms with Crippen molar-refractivity contribution in [1.29, 1.82) is 0 Å². The van der Waals surface area contributed by atoms with Gasteiger partial charge in [-0.3, -0.25) is 14.5 Å². The molecule has 0 atom stereocenters. The number of thioether (sulfide) groups is 1. The van der Waals surface area contributed by atoms with Gasteiger partial charge in [-0.25, -0.2) is 9.78 Å². The summed E-state index contributed by atoms with van der Waals surface area (Å²) >= 11 is 7.17. The average Bonchev–Trinajstić information content (AvgIpc) is 3.45. The molecular formula is C25H15F6N3O4S3. The molecule has 2 amide bonds. The number of aromatic carboxylic acids is 1. The number of pyridine rings is 1. The summed E-state index contributed by atoms with van der Waals surface area (Å²) in [5.41, 5.74) is -3.13. The van der Waals surface area contributed by atoms with Crippen molar-refractivity contribution in [1.82, 2.24) is 9.88 Å². The lowest BCUT2D eigenvalue weighted by molar-refractivity contribution is -0.143. The Hall–Kier alpha value is -3.76. The molecule has 2 aromatic heterocycles. The molecule has 0 aliphatic carbocycles. The molecule has 1 aliphatic heterocycles. The quantitative estimate of drug-likeness (QED) is 0.169. The lowest BCUT2D eigenvalue weighted by Crippen LogP contribution is -2.31. The maximum Gasteiger partial charge on any atom is 0.416 e. The maximum absolute atomic E-state index is 13.2. The summed E-state index contributed by atoms with van der Waals surface area (Å²) in [5.74, 6) is -2.32. The van der Waals surface area contributed by atoms with Gasteiger partial charge in [-0.1, -0.05) is 24.0 Å². The molecule has 0 saturated carbocycles. The van der Waals surface area contributed by atoms with E-state index < -0.39 is 41.3 Å². The Morgan fingerprint density at radius 1 is 1.02 bits per heavy atom. The van der Waals surface area contributed by atoms with Crippen LogP contribution in [0, 0.1) is 0 Å². The van der Waals surface area contributed by atoms with E-state index in [0.717, 1.165) is 23.1 Å². The van der Waals surface area contributed by atoms with Gasteiger partial charge in [0, 0.05) is 29.7 Å². The monoisotopic (exact) mass is 631 g/mol. The third kappa shape index (κ3) is 7.31. The Balaban J connectivity index is 1.46. The number of benzene rings is 1. The number of thiocarbonyl (C=S) groups is 1. The first-order chi connectivity index (χ1) is 19.1. The zero-order valence-corrected chi connectivity index (χ0v) is 22.6. The minimum Gasteiger partial charge on any atom is -0.477 e. The first-order valence-electron chi connectivity index (χ1n) is 11.2. The number of hydrogen-bond acceptors (Lipinski definition) is 7. The van der Waals surface area contributed by atoms with Gasteiger partial charge in [-0.05, 0) is 59.0 Å². The highest BCUT2D eigenvalue weighted by molar-refractivity contribution is 8.26. The number of rotatable bonds is 7. The van der Waals surface area contributed by atoms with E-state index >= 15 is 0 Å². The van der Waals surface area contributed by atoms with Crippen molar-refractivity contribution in [2.24, 2.45) is 0 Å². The van der Waals surface area contributed by atoms with Gasteiger partial charge in [0.25, 0.3) is 5.91 Å². The summed E-state index contributed by atoms with van der Waals surface area (Å²) in [6.07, 6.45) is -7.52. The van der Waals surface area contributed by atoms with Crippen LogP contribution in [0.5, 0.6) is 0 Å². The first-order valence-corrected chi connectivity index (χ1v) is 13.4. The number of carbonyl (C=O) groups excluding carboxylic acids is 2. The van der Waals surface area contributed by atoms with E-state index in [1.807, 2.05) is 0 Å². The minimum absolute atomic E-state index is 0.0483. The molecule has 1 aliphatic rings. The number of carboxylic acids is 1. The zero-order valence-electron chi connectivity index (χ0n) is 20.2. The number of hydrogen-bond donors (Lipinski definition) is 2. The van der Waals surface area contributed by atoms with Gasteiger partial charge in [0.2, 0.25) is 5.91 Å². The zero-order chi connectivity index (χ0) is 30.1. The summed E-state index contributed by atoms with van der Waals surface area (Å²) in [6.45, 7) is -0.0924. The molecule has 3 heterocycles. The third-order valence-electron chi connectivity index (χ3n) is 5.51. The molecule has 7 nitrogen and oxygen atoms in total. The number of carboxylic acid groups (broad SMARTS) is 1. The molecule has 1 aromatic carbocycles. The Labute approximate surface area is 240 Å². The lowest BCUT2D eigenvalue weighted by atomic mass is 10.0. The fourth-order valence-electron chi connectivity index (χ4n) is 3.59. The summed E-state index contributed by atoms with van der Waals surface area (Å²) in [4.78, 5) is 41.6. The molecule has 2 N–H and O–H groups in total. The second-order valence-electron chi connectivity index (χ2n) is 8.40. The lowest BCUT2D eigenvalue weighted by Gasteiger charge is -2.14. The third-order valence-corrected chi connectivity index (χ3v) is 7.77. The van der Waals surface area contributed by atoms with Gasteiger partial charge in [0.1, 0.15) is 10.0 Å². The van der Waals surface area contributed by atoms with Gasteiger partial charge in [0.05, 0.1) is 16.0 Å². The van der Waals surface area contributed by atoms with Gasteiger partial charge < -0.3 is 10.4 Å². The van der Waals surface area contributed by atoms with E-state index in [2.05, 4.69) is 10.3 Å². The average molecular weight is 632 g/mol. The molecule has 214 valence electrons. The Morgan fingerprint density at radius 3 is 2.29 bits per heavy atom. The van der Waals surface area contributed by atoms with Crippen molar-refractivity contribution in [3.05, 3.63) is 74.6 Å². The van der Waals surface area contributed by atoms with Gasteiger partial charge in [-0.15, -0.1) is 11.3 Å². The molecular weight excluding hydrogens is 616 g/mol. The molecule has 1 fully saturated rings. The van der Waals surface area contributed by atoms with Crippen LogP contribution in [0.3, 0.4) is 0 Å². The summed E-state index contributed by atoms with van der Waals surface area (Å²) in [6, 6.07) is 5.22. The van der Waals surface area contributed by atoms with Crippen LogP contribution in [0.25, 0.3) is 17.2 Å². The van der Waals surface area contributed by atoms with Crippen LogP contribution in [-0.4, -0.2) is 43.6 Å². The van der Waals surface area contributed by atoms with Crippen LogP contribution in [0.4, 0.5) is 32.0 Å². The van der Waals surface area contributed by atoms with Crippen LogP contribution in [0.2, 0.25) is 0 Å². The maximum atomic E-state index is 13.2. The Bertz CT molecular complexity index is 1550. The van der Waals surface area contributed by atoms with Crippen LogP contribution < -0.4 is 5.32 Å². The number of thiophene rings is 1. The molecule has 16 heteroatoms. The van der Waals surface area contributed by atoms with Crippen molar-refractivity contribution in [3.8, 4) is 11.1 Å². The fraction of sp³-hybridized carbons (Fsp3) is 0.160. The second-order valence-corrected chi connectivity index (χ2v) is 11.0. The predicted molar refractivity (Wildman–Crippen MR) is 144 cm³/mol. The van der Waals surface area contributed by atoms with Gasteiger partial charge in [-0.2, -0.15) is 26.3 Å². The molecule has 1 saturated heterocycles. The van der Waals surface area contributed by atoms with Crippen LogP contribution in [-0.2, 0) is 21.9 Å². The minimum atomic E-state index is -4.99. The molecule has 41 heavy (non-hydrogen) atoms. The van der Waals surface area contributed by atoms with Crippen LogP contribution in [0.1, 0.15) is 32.9 Å². The predicted octanol–water partition coefficient (Wildman–Crippen LogP) is 6.78. The van der Waals surface area contributed by atoms with E-state index in [-0.39, 0.29) is 50.8 Å². The van der Waals surface area contributed by atoms with E-state index in [1.165, 1.54) is 40.8 Å². The van der Waals surface area contributed by atoms with E-state index in [9.17, 15) is 40.7 Å². The number of nitrogens with one attached hydrogen (secondary N) is 1. The summed E-state index contributed by atoms with van der Waals surface area (Å²) in [5, 5.41) is 12.9. The van der Waals surface area contributed by atoms with Crippen molar-refractivity contribution in [2.45, 2.75) is 18.8 Å². The van der Waals surface area contributed by atoms with Gasteiger partial charge in [0.15, 0.2) is 0 Å². The normalized spacial score (nSPS) is 15.1. The molecule has 0 spiro atoms. The van der Waals surface area contributed by atoms with Crippen LogP contribution >= 0.6 is 35.3 Å². The van der Waals surface area contributed by atoms with Crippen molar-refractivity contribution < 1.29 is 45.8 Å². The molecule has 3 aromatic rings. The van der Waals surface area contributed by atoms with Crippen molar-refractivity contribution in [3.63, 3.8) is 0 Å².